The number of carbonyl (C=O) groups is 1. The van der Waals surface area contributed by atoms with Crippen LogP contribution in [0.15, 0.2) is 33.9 Å². The number of rotatable bonds is 8. The number of nitrogens with one attached hydrogen (secondary N) is 1. The lowest BCUT2D eigenvalue weighted by molar-refractivity contribution is 0.0842. The first-order valence-corrected chi connectivity index (χ1v) is 10.0. The molecule has 1 saturated heterocycles. The van der Waals surface area contributed by atoms with Crippen molar-refractivity contribution in [2.45, 2.75) is 20.0 Å². The first-order valence-electron chi connectivity index (χ1n) is 10.0. The summed E-state index contributed by atoms with van der Waals surface area (Å²) in [4.78, 5) is 43.6. The molecule has 1 fully saturated rings. The van der Waals surface area contributed by atoms with E-state index in [1.165, 1.54) is 18.2 Å². The van der Waals surface area contributed by atoms with Gasteiger partial charge in [-0.1, -0.05) is 24.3 Å². The summed E-state index contributed by atoms with van der Waals surface area (Å²) in [6.07, 6.45) is 0. The normalized spacial score (nSPS) is 15.4. The number of hydrogen-bond donors (Lipinski definition) is 2. The fourth-order valence-electron chi connectivity index (χ4n) is 3.68. The molecule has 0 bridgehead atoms. The second kappa shape index (κ2) is 9.84. The molecule has 1 aromatic heterocycles. The number of nitrogen functional groups attached to an aromatic ring is 1. The highest BCUT2D eigenvalue weighted by Crippen LogP contribution is 2.13. The number of benzene rings is 1. The molecule has 9 nitrogen and oxygen atoms in total. The highest BCUT2D eigenvalue weighted by Gasteiger charge is 2.24. The number of nitrogens with two attached hydrogens (primary N) is 1. The monoisotopic (exact) mass is 415 g/mol. The Kier molecular flexibility index (Phi) is 7.20. The zero-order valence-electron chi connectivity index (χ0n) is 17.5. The molecule has 1 aliphatic rings. The SMILES string of the molecule is COCCn1c(N)c(C(=O)CN2CCN(Cc3ccccc3C)CC2)c(=O)[nH]c1=O. The van der Waals surface area contributed by atoms with Crippen molar-refractivity contribution in [3.05, 3.63) is 61.8 Å². The maximum atomic E-state index is 12.8. The number of methoxy groups -OCH3 is 1. The Hall–Kier alpha value is -2.75. The van der Waals surface area contributed by atoms with Gasteiger partial charge in [-0.2, -0.15) is 0 Å². The van der Waals surface area contributed by atoms with E-state index < -0.39 is 11.2 Å². The Balaban J connectivity index is 1.63. The van der Waals surface area contributed by atoms with Crippen molar-refractivity contribution in [3.63, 3.8) is 0 Å². The average Bonchev–Trinajstić information content (AvgIpc) is 2.71. The van der Waals surface area contributed by atoms with Gasteiger partial charge in [-0.15, -0.1) is 0 Å². The number of aryl methyl sites for hydroxylation is 1. The molecule has 9 heteroatoms. The van der Waals surface area contributed by atoms with Crippen LogP contribution in [0.4, 0.5) is 5.82 Å². The highest BCUT2D eigenvalue weighted by atomic mass is 16.5. The van der Waals surface area contributed by atoms with E-state index in [-0.39, 0.29) is 36.9 Å². The van der Waals surface area contributed by atoms with E-state index in [0.29, 0.717) is 0 Å². The molecule has 0 amide bonds. The van der Waals surface area contributed by atoms with Crippen LogP contribution in [0.25, 0.3) is 0 Å². The van der Waals surface area contributed by atoms with Crippen molar-refractivity contribution in [2.24, 2.45) is 0 Å². The van der Waals surface area contributed by atoms with Gasteiger partial charge in [0.15, 0.2) is 5.78 Å². The lowest BCUT2D eigenvalue weighted by atomic mass is 10.1. The first-order chi connectivity index (χ1) is 14.4. The smallest absolute Gasteiger partial charge is 0.330 e. The van der Waals surface area contributed by atoms with E-state index in [1.807, 2.05) is 17.0 Å². The standard InChI is InChI=1S/C21H29N5O4/c1-15-5-3-4-6-16(15)13-24-7-9-25(10-8-24)14-17(27)18-19(22)26(11-12-30-2)21(29)23-20(18)28/h3-6H,7-14,22H2,1-2H3,(H,23,28,29). The summed E-state index contributed by atoms with van der Waals surface area (Å²) in [5, 5.41) is 0. The van der Waals surface area contributed by atoms with E-state index in [0.717, 1.165) is 37.3 Å². The molecule has 0 saturated carbocycles. The largest absolute Gasteiger partial charge is 0.384 e. The molecular weight excluding hydrogens is 386 g/mol. The Labute approximate surface area is 175 Å². The van der Waals surface area contributed by atoms with Gasteiger partial charge in [0.25, 0.3) is 5.56 Å². The molecule has 0 spiro atoms. The number of H-pyrrole nitrogens is 1. The van der Waals surface area contributed by atoms with Gasteiger partial charge >= 0.3 is 5.69 Å². The predicted octanol–water partition coefficient (Wildman–Crippen LogP) is 0.0741. The van der Waals surface area contributed by atoms with Crippen LogP contribution in [-0.4, -0.2) is 71.6 Å². The van der Waals surface area contributed by atoms with Gasteiger partial charge in [0.1, 0.15) is 11.4 Å². The van der Waals surface area contributed by atoms with Gasteiger partial charge in [0.05, 0.1) is 19.7 Å². The summed E-state index contributed by atoms with van der Waals surface area (Å²) in [5.74, 6) is -0.490. The van der Waals surface area contributed by atoms with Crippen LogP contribution in [0, 0.1) is 6.92 Å². The van der Waals surface area contributed by atoms with E-state index in [4.69, 9.17) is 10.5 Å². The van der Waals surface area contributed by atoms with Crippen LogP contribution in [0.5, 0.6) is 0 Å². The molecule has 2 aromatic rings. The maximum absolute atomic E-state index is 12.8. The fourth-order valence-corrected chi connectivity index (χ4v) is 3.68. The molecule has 1 aliphatic heterocycles. The zero-order valence-corrected chi connectivity index (χ0v) is 17.5. The third-order valence-electron chi connectivity index (χ3n) is 5.52. The maximum Gasteiger partial charge on any atom is 0.330 e. The third kappa shape index (κ3) is 5.05. The van der Waals surface area contributed by atoms with Gasteiger partial charge in [0.2, 0.25) is 0 Å². The number of hydrogen-bond acceptors (Lipinski definition) is 7. The number of piperazine rings is 1. The first kappa shape index (κ1) is 21.9. The van der Waals surface area contributed by atoms with E-state index in [1.54, 1.807) is 0 Å². The van der Waals surface area contributed by atoms with Crippen molar-refractivity contribution >= 4 is 11.6 Å². The van der Waals surface area contributed by atoms with Crippen molar-refractivity contribution in [1.29, 1.82) is 0 Å². The number of carbonyl (C=O) groups excluding carboxylic acids is 1. The predicted molar refractivity (Wildman–Crippen MR) is 115 cm³/mol. The van der Waals surface area contributed by atoms with Crippen LogP contribution < -0.4 is 17.0 Å². The number of ether oxygens (including phenoxy) is 1. The molecule has 3 rings (SSSR count). The van der Waals surface area contributed by atoms with Crippen molar-refractivity contribution < 1.29 is 9.53 Å². The molecule has 2 heterocycles. The molecular formula is C21H29N5O4. The number of aromatic nitrogens is 2. The summed E-state index contributed by atoms with van der Waals surface area (Å²) < 4.78 is 6.13. The van der Waals surface area contributed by atoms with E-state index in [2.05, 4.69) is 28.9 Å². The second-order valence-electron chi connectivity index (χ2n) is 7.57. The lowest BCUT2D eigenvalue weighted by Gasteiger charge is -2.34. The van der Waals surface area contributed by atoms with Crippen molar-refractivity contribution in [2.75, 3.05) is 52.2 Å². The molecule has 0 aliphatic carbocycles. The summed E-state index contributed by atoms with van der Waals surface area (Å²) in [6.45, 7) is 6.60. The Bertz CT molecular complexity index is 1010. The van der Waals surface area contributed by atoms with Gasteiger partial charge < -0.3 is 10.5 Å². The molecule has 1 aromatic carbocycles. The number of nitrogens with zero attached hydrogens (tertiary/aromatic N) is 3. The minimum atomic E-state index is -0.741. The van der Waals surface area contributed by atoms with Gasteiger partial charge in [0, 0.05) is 39.8 Å². The van der Waals surface area contributed by atoms with Crippen LogP contribution in [0.3, 0.4) is 0 Å². The molecule has 30 heavy (non-hydrogen) atoms. The summed E-state index contributed by atoms with van der Waals surface area (Å²) in [6, 6.07) is 8.33. The van der Waals surface area contributed by atoms with Crippen LogP contribution in [0.1, 0.15) is 21.5 Å². The van der Waals surface area contributed by atoms with Crippen molar-refractivity contribution in [3.8, 4) is 0 Å². The number of anilines is 1. The summed E-state index contributed by atoms with van der Waals surface area (Å²) in [7, 11) is 1.50. The van der Waals surface area contributed by atoms with E-state index in [9.17, 15) is 14.4 Å². The number of ketones is 1. The number of aromatic amines is 1. The Morgan fingerprint density at radius 3 is 2.47 bits per heavy atom. The molecule has 0 atom stereocenters. The minimum absolute atomic E-state index is 0.0912. The zero-order chi connectivity index (χ0) is 21.7. The van der Waals surface area contributed by atoms with Crippen LogP contribution in [-0.2, 0) is 17.8 Å². The van der Waals surface area contributed by atoms with Gasteiger partial charge in [-0.25, -0.2) is 4.79 Å². The molecule has 0 radical (unpaired) electrons. The molecule has 3 N–H and O–H groups in total. The Morgan fingerprint density at radius 1 is 1.13 bits per heavy atom. The summed E-state index contributed by atoms with van der Waals surface area (Å²) >= 11 is 0. The summed E-state index contributed by atoms with van der Waals surface area (Å²) in [5.41, 5.74) is 7.03. The minimum Gasteiger partial charge on any atom is -0.384 e. The third-order valence-corrected chi connectivity index (χ3v) is 5.52. The van der Waals surface area contributed by atoms with Crippen LogP contribution >= 0.6 is 0 Å². The second-order valence-corrected chi connectivity index (χ2v) is 7.57. The van der Waals surface area contributed by atoms with E-state index >= 15 is 0 Å². The topological polar surface area (TPSA) is 114 Å². The highest BCUT2D eigenvalue weighted by molar-refractivity contribution is 6.01. The van der Waals surface area contributed by atoms with Gasteiger partial charge in [-0.3, -0.25) is 28.9 Å². The number of Topliss-reactive ketones (excluding diaryl/α,β-unsaturated/α-hetero) is 1. The fraction of sp³-hybridized carbons (Fsp3) is 0.476. The quantitative estimate of drug-likeness (QED) is 0.587. The van der Waals surface area contributed by atoms with Crippen LogP contribution in [0.2, 0.25) is 0 Å². The molecule has 0 unspecified atom stereocenters. The van der Waals surface area contributed by atoms with Gasteiger partial charge in [-0.05, 0) is 18.1 Å². The lowest BCUT2D eigenvalue weighted by Crippen LogP contribution is -2.48. The molecule has 162 valence electrons. The Morgan fingerprint density at radius 2 is 1.80 bits per heavy atom. The van der Waals surface area contributed by atoms with Crippen molar-refractivity contribution in [1.82, 2.24) is 19.4 Å². The average molecular weight is 415 g/mol.